The van der Waals surface area contributed by atoms with Crippen molar-refractivity contribution in [1.29, 1.82) is 0 Å². The first kappa shape index (κ1) is 23.2. The van der Waals surface area contributed by atoms with Gasteiger partial charge in [-0.25, -0.2) is 4.79 Å². The van der Waals surface area contributed by atoms with Gasteiger partial charge < -0.3 is 18.9 Å². The number of methoxy groups -OCH3 is 2. The van der Waals surface area contributed by atoms with Gasteiger partial charge >= 0.3 is 5.97 Å². The minimum Gasteiger partial charge on any atom is -0.497 e. The average molecular weight is 415 g/mol. The van der Waals surface area contributed by atoms with E-state index in [9.17, 15) is 14.4 Å². The zero-order chi connectivity index (χ0) is 22.6. The summed E-state index contributed by atoms with van der Waals surface area (Å²) in [5, 5.41) is 0. The monoisotopic (exact) mass is 414 g/mol. The number of hydrogen-bond acceptors (Lipinski definition) is 5. The number of aromatic nitrogens is 1. The van der Waals surface area contributed by atoms with Crippen molar-refractivity contribution in [3.8, 4) is 5.75 Å². The summed E-state index contributed by atoms with van der Waals surface area (Å²) < 4.78 is 11.7. The summed E-state index contributed by atoms with van der Waals surface area (Å²) in [5.41, 5.74) is 2.51. The van der Waals surface area contributed by atoms with E-state index in [4.69, 9.17) is 9.47 Å². The summed E-state index contributed by atoms with van der Waals surface area (Å²) in [5.74, 6) is -0.265. The summed E-state index contributed by atoms with van der Waals surface area (Å²) in [7, 11) is 4.60. The Morgan fingerprint density at radius 1 is 1.10 bits per heavy atom. The first-order chi connectivity index (χ1) is 14.2. The zero-order valence-corrected chi connectivity index (χ0v) is 18.7. The SMILES string of the molecule is CCCN(C(=O)c1ccc(OC)cc1)[C@@H](C)C(=O)c1c(C)c(C(=O)OC)n(C)c1C. The second-order valence-electron chi connectivity index (χ2n) is 7.25. The van der Waals surface area contributed by atoms with Crippen molar-refractivity contribution in [2.24, 2.45) is 7.05 Å². The summed E-state index contributed by atoms with van der Waals surface area (Å²) in [4.78, 5) is 40.3. The second kappa shape index (κ2) is 9.61. The minimum atomic E-state index is -0.690. The number of ether oxygens (including phenoxy) is 2. The van der Waals surface area contributed by atoms with Gasteiger partial charge in [0.1, 0.15) is 11.4 Å². The van der Waals surface area contributed by atoms with E-state index in [1.807, 2.05) is 6.92 Å². The summed E-state index contributed by atoms with van der Waals surface area (Å²) >= 11 is 0. The van der Waals surface area contributed by atoms with E-state index in [0.717, 1.165) is 0 Å². The van der Waals surface area contributed by atoms with E-state index >= 15 is 0 Å². The second-order valence-corrected chi connectivity index (χ2v) is 7.25. The van der Waals surface area contributed by atoms with Crippen LogP contribution in [0.15, 0.2) is 24.3 Å². The number of benzene rings is 1. The Morgan fingerprint density at radius 2 is 1.70 bits per heavy atom. The predicted octanol–water partition coefficient (Wildman–Crippen LogP) is 3.56. The van der Waals surface area contributed by atoms with Crippen LogP contribution in [0, 0.1) is 13.8 Å². The fourth-order valence-corrected chi connectivity index (χ4v) is 3.69. The Bertz CT molecular complexity index is 943. The molecule has 1 aromatic heterocycles. The molecule has 0 saturated heterocycles. The van der Waals surface area contributed by atoms with Gasteiger partial charge in [0.05, 0.1) is 20.3 Å². The van der Waals surface area contributed by atoms with Gasteiger partial charge in [0.2, 0.25) is 0 Å². The number of nitrogens with zero attached hydrogens (tertiary/aromatic N) is 2. The van der Waals surface area contributed by atoms with Crippen LogP contribution in [0.4, 0.5) is 0 Å². The van der Waals surface area contributed by atoms with Gasteiger partial charge in [-0.15, -0.1) is 0 Å². The van der Waals surface area contributed by atoms with Crippen LogP contribution >= 0.6 is 0 Å². The Balaban J connectivity index is 2.42. The summed E-state index contributed by atoms with van der Waals surface area (Å²) in [6.07, 6.45) is 0.708. The number of hydrogen-bond donors (Lipinski definition) is 0. The smallest absolute Gasteiger partial charge is 0.354 e. The van der Waals surface area contributed by atoms with Gasteiger partial charge in [0, 0.05) is 30.4 Å². The third-order valence-electron chi connectivity index (χ3n) is 5.46. The number of ketones is 1. The molecule has 7 nitrogen and oxygen atoms in total. The van der Waals surface area contributed by atoms with Gasteiger partial charge in [-0.05, 0) is 57.0 Å². The van der Waals surface area contributed by atoms with Gasteiger partial charge in [0.15, 0.2) is 5.78 Å². The van der Waals surface area contributed by atoms with E-state index in [1.165, 1.54) is 7.11 Å². The van der Waals surface area contributed by atoms with E-state index in [2.05, 4.69) is 0 Å². The number of esters is 1. The summed E-state index contributed by atoms with van der Waals surface area (Å²) in [6.45, 7) is 7.64. The van der Waals surface area contributed by atoms with Gasteiger partial charge in [-0.2, -0.15) is 0 Å². The van der Waals surface area contributed by atoms with E-state index in [-0.39, 0.29) is 11.7 Å². The molecule has 2 aromatic rings. The van der Waals surface area contributed by atoms with Crippen molar-refractivity contribution in [3.05, 3.63) is 52.3 Å². The number of carbonyl (C=O) groups excluding carboxylic acids is 3. The van der Waals surface area contributed by atoms with Crippen LogP contribution in [0.25, 0.3) is 0 Å². The Morgan fingerprint density at radius 3 is 2.20 bits per heavy atom. The lowest BCUT2D eigenvalue weighted by atomic mass is 9.99. The van der Waals surface area contributed by atoms with Crippen LogP contribution in [0.3, 0.4) is 0 Å². The molecule has 0 fully saturated rings. The molecule has 0 aliphatic heterocycles. The molecule has 0 radical (unpaired) electrons. The molecule has 30 heavy (non-hydrogen) atoms. The van der Waals surface area contributed by atoms with Crippen LogP contribution < -0.4 is 4.74 Å². The van der Waals surface area contributed by atoms with Gasteiger partial charge in [-0.3, -0.25) is 9.59 Å². The van der Waals surface area contributed by atoms with E-state index in [0.29, 0.717) is 46.8 Å². The molecule has 0 bridgehead atoms. The quantitative estimate of drug-likeness (QED) is 0.488. The molecule has 1 amide bonds. The van der Waals surface area contributed by atoms with Crippen molar-refractivity contribution < 1.29 is 23.9 Å². The molecule has 0 spiro atoms. The average Bonchev–Trinajstić information content (AvgIpc) is 2.98. The number of Topliss-reactive ketones (excluding diaryl/α,β-unsaturated/α-hetero) is 1. The van der Waals surface area contributed by atoms with Crippen molar-refractivity contribution in [2.45, 2.75) is 40.2 Å². The minimum absolute atomic E-state index is 0.203. The molecule has 0 unspecified atom stereocenters. The third-order valence-corrected chi connectivity index (χ3v) is 5.46. The van der Waals surface area contributed by atoms with Crippen LogP contribution in [0.2, 0.25) is 0 Å². The molecule has 2 rings (SSSR count). The van der Waals surface area contributed by atoms with E-state index < -0.39 is 12.0 Å². The highest BCUT2D eigenvalue weighted by molar-refractivity contribution is 6.07. The molecule has 0 saturated carbocycles. The summed E-state index contributed by atoms with van der Waals surface area (Å²) in [6, 6.07) is 6.13. The fourth-order valence-electron chi connectivity index (χ4n) is 3.69. The maximum atomic E-state index is 13.4. The topological polar surface area (TPSA) is 77.8 Å². The number of amides is 1. The molecular weight excluding hydrogens is 384 g/mol. The molecule has 1 atom stereocenters. The maximum Gasteiger partial charge on any atom is 0.354 e. The first-order valence-corrected chi connectivity index (χ1v) is 9.92. The van der Waals surface area contributed by atoms with Crippen LogP contribution in [-0.4, -0.2) is 53.9 Å². The van der Waals surface area contributed by atoms with E-state index in [1.54, 1.807) is 68.7 Å². The maximum absolute atomic E-state index is 13.4. The molecule has 162 valence electrons. The standard InChI is InChI=1S/C23H30N2O5/c1-8-13-25(22(27)17-9-11-18(29-6)12-10-17)16(4)21(26)19-14(2)20(23(28)30-7)24(5)15(19)3/h9-12,16H,8,13H2,1-7H3/t16-/m0/s1. The Hall–Kier alpha value is -3.09. The highest BCUT2D eigenvalue weighted by Crippen LogP contribution is 2.25. The zero-order valence-electron chi connectivity index (χ0n) is 18.7. The number of rotatable bonds is 8. The molecule has 0 aliphatic rings. The lowest BCUT2D eigenvalue weighted by Crippen LogP contribution is -2.44. The molecule has 1 heterocycles. The van der Waals surface area contributed by atoms with Crippen molar-refractivity contribution in [1.82, 2.24) is 9.47 Å². The third kappa shape index (κ3) is 4.25. The Kier molecular flexibility index (Phi) is 7.43. The molecule has 1 aromatic carbocycles. The van der Waals surface area contributed by atoms with Crippen molar-refractivity contribution in [2.75, 3.05) is 20.8 Å². The molecule has 0 aliphatic carbocycles. The largest absolute Gasteiger partial charge is 0.497 e. The molecule has 7 heteroatoms. The lowest BCUT2D eigenvalue weighted by molar-refractivity contribution is 0.0588. The highest BCUT2D eigenvalue weighted by Gasteiger charge is 2.32. The Labute approximate surface area is 177 Å². The highest BCUT2D eigenvalue weighted by atomic mass is 16.5. The number of carbonyl (C=O) groups is 3. The lowest BCUT2D eigenvalue weighted by Gasteiger charge is -2.28. The van der Waals surface area contributed by atoms with Crippen LogP contribution in [-0.2, 0) is 11.8 Å². The molecule has 0 N–H and O–H groups in total. The fraction of sp³-hybridized carbons (Fsp3) is 0.435. The van der Waals surface area contributed by atoms with Gasteiger partial charge in [0.25, 0.3) is 5.91 Å². The van der Waals surface area contributed by atoms with Crippen molar-refractivity contribution >= 4 is 17.7 Å². The predicted molar refractivity (Wildman–Crippen MR) is 114 cm³/mol. The van der Waals surface area contributed by atoms with Crippen molar-refractivity contribution in [3.63, 3.8) is 0 Å². The normalized spacial score (nSPS) is 11.7. The van der Waals surface area contributed by atoms with Crippen LogP contribution in [0.5, 0.6) is 5.75 Å². The first-order valence-electron chi connectivity index (χ1n) is 9.92. The van der Waals surface area contributed by atoms with Crippen LogP contribution in [0.1, 0.15) is 62.7 Å². The molecular formula is C23H30N2O5. The van der Waals surface area contributed by atoms with Gasteiger partial charge in [-0.1, -0.05) is 6.92 Å².